The summed E-state index contributed by atoms with van der Waals surface area (Å²) >= 11 is 0. The number of hydrogen-bond donors (Lipinski definition) is 3. The quantitative estimate of drug-likeness (QED) is 0.632. The molecule has 0 aliphatic carbocycles. The van der Waals surface area contributed by atoms with Crippen molar-refractivity contribution in [3.05, 3.63) is 54.1 Å². The van der Waals surface area contributed by atoms with E-state index in [2.05, 4.69) is 0 Å². The molecule has 0 amide bonds. The Morgan fingerprint density at radius 1 is 1.12 bits per heavy atom. The predicted octanol–water partition coefficient (Wildman–Crippen LogP) is 1.82. The summed E-state index contributed by atoms with van der Waals surface area (Å²) in [7, 11) is 0. The second kappa shape index (κ2) is 9.37. The van der Waals surface area contributed by atoms with Crippen LogP contribution in [0.25, 0.3) is 6.08 Å². The van der Waals surface area contributed by atoms with Crippen molar-refractivity contribution in [1.29, 1.82) is 0 Å². The standard InChI is InChI=1S/C19H24O5/c20-15(10-9-14-5-2-1-3-6-14)11-16(21)12-17(22)13-18-7-4-8-19(23)24-18/h1-6,8-10,15-18,20-22H,7,11-13H2/b10-9+/t15-,16+,17-,18-/m1/s1. The van der Waals surface area contributed by atoms with Gasteiger partial charge in [-0.15, -0.1) is 0 Å². The highest BCUT2D eigenvalue weighted by Crippen LogP contribution is 2.17. The molecule has 24 heavy (non-hydrogen) atoms. The van der Waals surface area contributed by atoms with E-state index in [1.807, 2.05) is 30.3 Å². The molecule has 0 saturated heterocycles. The van der Waals surface area contributed by atoms with Gasteiger partial charge in [-0.05, 0) is 12.0 Å². The van der Waals surface area contributed by atoms with Crippen LogP contribution < -0.4 is 0 Å². The number of hydrogen-bond acceptors (Lipinski definition) is 5. The Hall–Kier alpha value is -1.95. The molecule has 2 rings (SSSR count). The molecule has 130 valence electrons. The van der Waals surface area contributed by atoms with Gasteiger partial charge in [-0.2, -0.15) is 0 Å². The van der Waals surface area contributed by atoms with Crippen molar-refractivity contribution in [2.24, 2.45) is 0 Å². The molecule has 4 atom stereocenters. The van der Waals surface area contributed by atoms with Crippen LogP contribution in [0.1, 0.15) is 31.2 Å². The number of benzene rings is 1. The lowest BCUT2D eigenvalue weighted by atomic mass is 9.99. The van der Waals surface area contributed by atoms with E-state index in [1.165, 1.54) is 6.08 Å². The van der Waals surface area contributed by atoms with Crippen LogP contribution in [0, 0.1) is 0 Å². The molecule has 1 aliphatic heterocycles. The maximum absolute atomic E-state index is 11.1. The van der Waals surface area contributed by atoms with Gasteiger partial charge in [0, 0.05) is 25.3 Å². The van der Waals surface area contributed by atoms with Crippen LogP contribution in [0.2, 0.25) is 0 Å². The van der Waals surface area contributed by atoms with Crippen LogP contribution in [-0.4, -0.2) is 45.7 Å². The summed E-state index contributed by atoms with van der Waals surface area (Å²) in [5, 5.41) is 29.9. The van der Waals surface area contributed by atoms with Gasteiger partial charge < -0.3 is 20.1 Å². The molecule has 0 bridgehead atoms. The Balaban J connectivity index is 1.71. The molecule has 0 unspecified atom stereocenters. The van der Waals surface area contributed by atoms with Gasteiger partial charge in [-0.25, -0.2) is 4.79 Å². The number of rotatable bonds is 8. The third kappa shape index (κ3) is 6.66. The van der Waals surface area contributed by atoms with Crippen molar-refractivity contribution >= 4 is 12.0 Å². The van der Waals surface area contributed by atoms with Crippen LogP contribution in [-0.2, 0) is 9.53 Å². The Morgan fingerprint density at radius 3 is 2.58 bits per heavy atom. The lowest BCUT2D eigenvalue weighted by Gasteiger charge is -2.23. The predicted molar refractivity (Wildman–Crippen MR) is 91.0 cm³/mol. The molecule has 5 heteroatoms. The second-order valence-corrected chi connectivity index (χ2v) is 6.05. The lowest BCUT2D eigenvalue weighted by molar-refractivity contribution is -0.145. The summed E-state index contributed by atoms with van der Waals surface area (Å²) in [4.78, 5) is 11.1. The highest BCUT2D eigenvalue weighted by molar-refractivity contribution is 5.82. The molecule has 1 aliphatic rings. The Kier molecular flexibility index (Phi) is 7.18. The average Bonchev–Trinajstić information content (AvgIpc) is 2.53. The Bertz CT molecular complexity index is 566. The van der Waals surface area contributed by atoms with E-state index in [0.29, 0.717) is 6.42 Å². The highest BCUT2D eigenvalue weighted by atomic mass is 16.5. The monoisotopic (exact) mass is 332 g/mol. The van der Waals surface area contributed by atoms with E-state index < -0.39 is 24.3 Å². The smallest absolute Gasteiger partial charge is 0.330 e. The van der Waals surface area contributed by atoms with Gasteiger partial charge in [0.2, 0.25) is 0 Å². The molecular weight excluding hydrogens is 308 g/mol. The summed E-state index contributed by atoms with van der Waals surface area (Å²) in [6, 6.07) is 9.57. The lowest BCUT2D eigenvalue weighted by Crippen LogP contribution is -2.28. The van der Waals surface area contributed by atoms with E-state index in [0.717, 1.165) is 5.56 Å². The van der Waals surface area contributed by atoms with Gasteiger partial charge in [0.15, 0.2) is 0 Å². The van der Waals surface area contributed by atoms with E-state index in [-0.39, 0.29) is 25.4 Å². The fraction of sp³-hybridized carbons (Fsp3) is 0.421. The van der Waals surface area contributed by atoms with Gasteiger partial charge >= 0.3 is 5.97 Å². The van der Waals surface area contributed by atoms with Gasteiger partial charge in [-0.3, -0.25) is 0 Å². The van der Waals surface area contributed by atoms with Gasteiger partial charge in [0.1, 0.15) is 6.10 Å². The summed E-state index contributed by atoms with van der Waals surface area (Å²) in [6.45, 7) is 0. The van der Waals surface area contributed by atoms with Gasteiger partial charge in [-0.1, -0.05) is 48.6 Å². The van der Waals surface area contributed by atoms with Crippen molar-refractivity contribution in [3.63, 3.8) is 0 Å². The van der Waals surface area contributed by atoms with Gasteiger partial charge in [0.25, 0.3) is 0 Å². The minimum Gasteiger partial charge on any atom is -0.459 e. The van der Waals surface area contributed by atoms with E-state index >= 15 is 0 Å². The van der Waals surface area contributed by atoms with Gasteiger partial charge in [0.05, 0.1) is 18.3 Å². The van der Waals surface area contributed by atoms with Crippen molar-refractivity contribution in [2.75, 3.05) is 0 Å². The SMILES string of the molecule is O=C1C=CC[C@H](C[C@H](O)C[C@@H](O)C[C@H](O)/C=C/c2ccccc2)O1. The zero-order chi connectivity index (χ0) is 17.4. The third-order valence-corrected chi connectivity index (χ3v) is 3.84. The number of carbonyl (C=O) groups excluding carboxylic acids is 1. The first-order chi connectivity index (χ1) is 11.5. The average molecular weight is 332 g/mol. The van der Waals surface area contributed by atoms with Crippen molar-refractivity contribution in [1.82, 2.24) is 0 Å². The molecule has 0 saturated carbocycles. The zero-order valence-electron chi connectivity index (χ0n) is 13.5. The molecule has 0 radical (unpaired) electrons. The Morgan fingerprint density at radius 2 is 1.88 bits per heavy atom. The molecule has 0 aromatic heterocycles. The van der Waals surface area contributed by atoms with Crippen LogP contribution >= 0.6 is 0 Å². The van der Waals surface area contributed by atoms with Crippen LogP contribution in [0.5, 0.6) is 0 Å². The fourth-order valence-corrected chi connectivity index (χ4v) is 2.67. The van der Waals surface area contributed by atoms with Crippen molar-refractivity contribution < 1.29 is 24.9 Å². The first-order valence-corrected chi connectivity index (χ1v) is 8.17. The van der Waals surface area contributed by atoms with E-state index in [4.69, 9.17) is 4.74 Å². The maximum Gasteiger partial charge on any atom is 0.330 e. The van der Waals surface area contributed by atoms with E-state index in [9.17, 15) is 20.1 Å². The number of ether oxygens (including phenoxy) is 1. The molecule has 1 aromatic rings. The van der Waals surface area contributed by atoms with Crippen LogP contribution in [0.3, 0.4) is 0 Å². The summed E-state index contributed by atoms with van der Waals surface area (Å²) in [5.41, 5.74) is 0.971. The molecular formula is C19H24O5. The van der Waals surface area contributed by atoms with E-state index in [1.54, 1.807) is 18.2 Å². The number of aliphatic hydroxyl groups excluding tert-OH is 3. The number of aliphatic hydroxyl groups is 3. The zero-order valence-corrected chi connectivity index (χ0v) is 13.5. The van der Waals surface area contributed by atoms with Crippen LogP contribution in [0.4, 0.5) is 0 Å². The minimum absolute atomic E-state index is 0.133. The first kappa shape index (κ1) is 18.4. The first-order valence-electron chi connectivity index (χ1n) is 8.17. The summed E-state index contributed by atoms with van der Waals surface area (Å²) in [6.07, 6.45) is 4.88. The molecule has 0 fully saturated rings. The highest BCUT2D eigenvalue weighted by Gasteiger charge is 2.22. The molecule has 5 nitrogen and oxygen atoms in total. The third-order valence-electron chi connectivity index (χ3n) is 3.84. The van der Waals surface area contributed by atoms with Crippen molar-refractivity contribution in [2.45, 2.75) is 50.1 Å². The summed E-state index contributed by atoms with van der Waals surface area (Å²) in [5.74, 6) is -0.402. The second-order valence-electron chi connectivity index (χ2n) is 6.05. The number of esters is 1. The largest absolute Gasteiger partial charge is 0.459 e. The minimum atomic E-state index is -0.828. The topological polar surface area (TPSA) is 87.0 Å². The summed E-state index contributed by atoms with van der Waals surface area (Å²) < 4.78 is 5.08. The maximum atomic E-state index is 11.1. The molecule has 0 spiro atoms. The fourth-order valence-electron chi connectivity index (χ4n) is 2.67. The molecule has 3 N–H and O–H groups in total. The normalized spacial score (nSPS) is 21.5. The molecule has 1 heterocycles. The number of cyclic esters (lactones) is 1. The van der Waals surface area contributed by atoms with Crippen molar-refractivity contribution in [3.8, 4) is 0 Å². The molecule has 1 aromatic carbocycles. The number of carbonyl (C=O) groups is 1. The Labute approximate surface area is 141 Å². The van der Waals surface area contributed by atoms with Crippen LogP contribution in [0.15, 0.2) is 48.6 Å².